The summed E-state index contributed by atoms with van der Waals surface area (Å²) in [5.74, 6) is 0.352. The Hall–Kier alpha value is -1.33. The van der Waals surface area contributed by atoms with Crippen LogP contribution in [-0.4, -0.2) is 37.2 Å². The van der Waals surface area contributed by atoms with Gasteiger partial charge in [-0.05, 0) is 25.5 Å². The van der Waals surface area contributed by atoms with Gasteiger partial charge in [0.05, 0.1) is 11.6 Å². The summed E-state index contributed by atoms with van der Waals surface area (Å²) < 4.78 is 4.97. The number of ether oxygens (including phenoxy) is 1. The lowest BCUT2D eigenvalue weighted by Crippen LogP contribution is -2.36. The molecule has 0 saturated carbocycles. The van der Waals surface area contributed by atoms with E-state index < -0.39 is 0 Å². The number of carbonyl (C=O) groups excluding carboxylic acids is 1. The van der Waals surface area contributed by atoms with E-state index >= 15 is 0 Å². The molecule has 1 atom stereocenters. The van der Waals surface area contributed by atoms with Gasteiger partial charge in [-0.15, -0.1) is 0 Å². The molecule has 0 fully saturated rings. The molecule has 1 unspecified atom stereocenters. The predicted octanol–water partition coefficient (Wildman–Crippen LogP) is 2.32. The average Bonchev–Trinajstić information content (AvgIpc) is 2.37. The maximum absolute atomic E-state index is 12.0. The molecule has 1 rings (SSSR count). The average molecular weight is 286 g/mol. The van der Waals surface area contributed by atoms with Crippen molar-refractivity contribution in [3.8, 4) is 0 Å². The minimum Gasteiger partial charge on any atom is -0.383 e. The zero-order valence-corrected chi connectivity index (χ0v) is 12.3. The maximum Gasteiger partial charge on any atom is 0.271 e. The molecule has 6 heteroatoms. The Labute approximate surface area is 118 Å². The lowest BCUT2D eigenvalue weighted by atomic mass is 10.3. The molecule has 1 heterocycles. The van der Waals surface area contributed by atoms with Crippen molar-refractivity contribution >= 4 is 23.3 Å². The van der Waals surface area contributed by atoms with Gasteiger partial charge in [-0.25, -0.2) is 4.98 Å². The largest absolute Gasteiger partial charge is 0.383 e. The number of methoxy groups -OCH3 is 1. The molecule has 0 aliphatic heterocycles. The minimum atomic E-state index is -0.297. The molecule has 0 bridgehead atoms. The third-order valence-corrected chi connectivity index (χ3v) is 2.72. The fourth-order valence-electron chi connectivity index (χ4n) is 1.54. The van der Waals surface area contributed by atoms with Crippen LogP contribution in [0, 0.1) is 0 Å². The standard InChI is InChI=1S/C13H20ClN3O2/c1-4-7-15-11-6-5-10(14)12(17-11)13(18)16-9(2)8-19-3/h5-6,9H,4,7-8H2,1-3H3,(H,15,17)(H,16,18). The van der Waals surface area contributed by atoms with Crippen LogP contribution in [0.15, 0.2) is 12.1 Å². The van der Waals surface area contributed by atoms with E-state index in [1.54, 1.807) is 19.2 Å². The molecule has 0 aliphatic carbocycles. The zero-order valence-electron chi connectivity index (χ0n) is 11.5. The first-order chi connectivity index (χ1) is 9.08. The molecular weight excluding hydrogens is 266 g/mol. The molecule has 0 aromatic carbocycles. The highest BCUT2D eigenvalue weighted by molar-refractivity contribution is 6.33. The van der Waals surface area contributed by atoms with Crippen LogP contribution in [0.25, 0.3) is 0 Å². The van der Waals surface area contributed by atoms with E-state index in [2.05, 4.69) is 22.5 Å². The first-order valence-corrected chi connectivity index (χ1v) is 6.66. The third-order valence-electron chi connectivity index (χ3n) is 2.41. The highest BCUT2D eigenvalue weighted by Gasteiger charge is 2.15. The molecule has 1 aromatic rings. The van der Waals surface area contributed by atoms with E-state index in [9.17, 15) is 4.79 Å². The summed E-state index contributed by atoms with van der Waals surface area (Å²) >= 11 is 6.00. The van der Waals surface area contributed by atoms with Gasteiger partial charge in [-0.1, -0.05) is 18.5 Å². The van der Waals surface area contributed by atoms with Crippen LogP contribution >= 0.6 is 11.6 Å². The lowest BCUT2D eigenvalue weighted by Gasteiger charge is -2.13. The monoisotopic (exact) mass is 285 g/mol. The molecule has 2 N–H and O–H groups in total. The van der Waals surface area contributed by atoms with E-state index in [4.69, 9.17) is 16.3 Å². The molecule has 0 aliphatic rings. The minimum absolute atomic E-state index is 0.0948. The molecule has 1 amide bonds. The van der Waals surface area contributed by atoms with Gasteiger partial charge in [-0.3, -0.25) is 4.79 Å². The second kappa shape index (κ2) is 7.96. The van der Waals surface area contributed by atoms with Crippen LogP contribution in [0.5, 0.6) is 0 Å². The number of hydrogen-bond donors (Lipinski definition) is 2. The van der Waals surface area contributed by atoms with Crippen molar-refractivity contribution in [3.05, 3.63) is 22.8 Å². The Morgan fingerprint density at radius 1 is 1.53 bits per heavy atom. The first-order valence-electron chi connectivity index (χ1n) is 6.28. The Bertz CT molecular complexity index is 426. The predicted molar refractivity (Wildman–Crippen MR) is 76.8 cm³/mol. The summed E-state index contributed by atoms with van der Waals surface area (Å²) in [6.45, 7) is 5.16. The molecule has 19 heavy (non-hydrogen) atoms. The third kappa shape index (κ3) is 5.04. The van der Waals surface area contributed by atoms with Crippen LogP contribution in [0.1, 0.15) is 30.8 Å². The van der Waals surface area contributed by atoms with Crippen molar-refractivity contribution in [2.24, 2.45) is 0 Å². The number of nitrogens with one attached hydrogen (secondary N) is 2. The molecule has 106 valence electrons. The summed E-state index contributed by atoms with van der Waals surface area (Å²) in [5.41, 5.74) is 0.228. The number of pyridine rings is 1. The van der Waals surface area contributed by atoms with Crippen molar-refractivity contribution in [1.29, 1.82) is 0 Å². The smallest absolute Gasteiger partial charge is 0.271 e. The summed E-state index contributed by atoms with van der Waals surface area (Å²) in [6.07, 6.45) is 0.983. The SMILES string of the molecule is CCCNc1ccc(Cl)c(C(=O)NC(C)COC)n1. The van der Waals surface area contributed by atoms with Crippen LogP contribution in [0.3, 0.4) is 0 Å². The Morgan fingerprint density at radius 2 is 2.26 bits per heavy atom. The highest BCUT2D eigenvalue weighted by atomic mass is 35.5. The molecule has 5 nitrogen and oxygen atoms in total. The maximum atomic E-state index is 12.0. The Balaban J connectivity index is 2.77. The van der Waals surface area contributed by atoms with Crippen LogP contribution in [0.4, 0.5) is 5.82 Å². The van der Waals surface area contributed by atoms with Crippen molar-refractivity contribution in [2.75, 3.05) is 25.6 Å². The van der Waals surface area contributed by atoms with E-state index in [1.165, 1.54) is 0 Å². The number of amides is 1. The fraction of sp³-hybridized carbons (Fsp3) is 0.538. The van der Waals surface area contributed by atoms with Crippen molar-refractivity contribution < 1.29 is 9.53 Å². The van der Waals surface area contributed by atoms with Gasteiger partial charge >= 0.3 is 0 Å². The van der Waals surface area contributed by atoms with Crippen LogP contribution in [0.2, 0.25) is 5.02 Å². The zero-order chi connectivity index (χ0) is 14.3. The number of hydrogen-bond acceptors (Lipinski definition) is 4. The number of aromatic nitrogens is 1. The first kappa shape index (κ1) is 15.7. The molecule has 1 aromatic heterocycles. The summed E-state index contributed by atoms with van der Waals surface area (Å²) in [4.78, 5) is 16.3. The van der Waals surface area contributed by atoms with Gasteiger partial charge < -0.3 is 15.4 Å². The summed E-state index contributed by atoms with van der Waals surface area (Å²) in [6, 6.07) is 3.33. The lowest BCUT2D eigenvalue weighted by molar-refractivity contribution is 0.0901. The van der Waals surface area contributed by atoms with Gasteiger partial charge in [0.2, 0.25) is 0 Å². The van der Waals surface area contributed by atoms with Gasteiger partial charge in [0.25, 0.3) is 5.91 Å². The number of anilines is 1. The molecule has 0 spiro atoms. The topological polar surface area (TPSA) is 63.2 Å². The quantitative estimate of drug-likeness (QED) is 0.807. The van der Waals surface area contributed by atoms with E-state index in [0.717, 1.165) is 13.0 Å². The van der Waals surface area contributed by atoms with Crippen molar-refractivity contribution in [1.82, 2.24) is 10.3 Å². The van der Waals surface area contributed by atoms with Crippen molar-refractivity contribution in [3.63, 3.8) is 0 Å². The highest BCUT2D eigenvalue weighted by Crippen LogP contribution is 2.16. The number of rotatable bonds is 7. The van der Waals surface area contributed by atoms with Crippen LogP contribution < -0.4 is 10.6 Å². The van der Waals surface area contributed by atoms with Gasteiger partial charge in [-0.2, -0.15) is 0 Å². The second-order valence-corrected chi connectivity index (χ2v) is 4.69. The molecule has 0 radical (unpaired) electrons. The van der Waals surface area contributed by atoms with Crippen molar-refractivity contribution in [2.45, 2.75) is 26.3 Å². The second-order valence-electron chi connectivity index (χ2n) is 4.28. The summed E-state index contributed by atoms with van der Waals surface area (Å²) in [5, 5.41) is 6.24. The number of carbonyl (C=O) groups is 1. The van der Waals surface area contributed by atoms with Gasteiger partial charge in [0.1, 0.15) is 11.5 Å². The van der Waals surface area contributed by atoms with Gasteiger partial charge in [0.15, 0.2) is 0 Å². The number of halogens is 1. The van der Waals surface area contributed by atoms with E-state index in [1.807, 2.05) is 6.92 Å². The van der Waals surface area contributed by atoms with Gasteiger partial charge in [0, 0.05) is 19.7 Å². The summed E-state index contributed by atoms with van der Waals surface area (Å²) in [7, 11) is 1.59. The normalized spacial score (nSPS) is 12.0. The van der Waals surface area contributed by atoms with Crippen LogP contribution in [-0.2, 0) is 4.74 Å². The fourth-order valence-corrected chi connectivity index (χ4v) is 1.73. The van der Waals surface area contributed by atoms with E-state index in [-0.39, 0.29) is 17.6 Å². The Morgan fingerprint density at radius 3 is 2.89 bits per heavy atom. The Kier molecular flexibility index (Phi) is 6.59. The molecule has 0 saturated heterocycles. The molecular formula is C13H20ClN3O2. The van der Waals surface area contributed by atoms with E-state index in [0.29, 0.717) is 17.4 Å². The number of nitrogens with zero attached hydrogens (tertiary/aromatic N) is 1.